The zero-order valence-electron chi connectivity index (χ0n) is 14.0. The molecule has 0 N–H and O–H groups in total. The Morgan fingerprint density at radius 1 is 1.12 bits per heavy atom. The Morgan fingerprint density at radius 2 is 1.88 bits per heavy atom. The van der Waals surface area contributed by atoms with E-state index in [0.29, 0.717) is 28.4 Å². The van der Waals surface area contributed by atoms with Crippen LogP contribution < -0.4 is 0 Å². The van der Waals surface area contributed by atoms with Gasteiger partial charge >= 0.3 is 0 Å². The third-order valence-corrected chi connectivity index (χ3v) is 5.01. The zero-order valence-corrected chi connectivity index (χ0v) is 14.8. The number of benzene rings is 2. The van der Waals surface area contributed by atoms with Crippen molar-refractivity contribution in [2.24, 2.45) is 0 Å². The van der Waals surface area contributed by atoms with Crippen molar-refractivity contribution in [1.29, 1.82) is 0 Å². The highest BCUT2D eigenvalue weighted by molar-refractivity contribution is 8.00. The van der Waals surface area contributed by atoms with E-state index in [9.17, 15) is 9.18 Å². The van der Waals surface area contributed by atoms with Crippen molar-refractivity contribution in [3.63, 3.8) is 0 Å². The molecule has 2 heterocycles. The first kappa shape index (κ1) is 16.7. The number of hydrogen-bond acceptors (Lipinski definition) is 5. The van der Waals surface area contributed by atoms with Crippen LogP contribution in [0.2, 0.25) is 0 Å². The first-order valence-electron chi connectivity index (χ1n) is 8.25. The molecule has 0 radical (unpaired) electrons. The molecular formula is C20H15FN2O2S. The van der Waals surface area contributed by atoms with Crippen LogP contribution in [0.15, 0.2) is 58.0 Å². The molecule has 4 rings (SSSR count). The second-order valence-electron chi connectivity index (χ2n) is 5.79. The summed E-state index contributed by atoms with van der Waals surface area (Å²) >= 11 is 1.31. The van der Waals surface area contributed by atoms with E-state index in [-0.39, 0.29) is 17.4 Å². The van der Waals surface area contributed by atoms with E-state index in [1.165, 1.54) is 36.0 Å². The van der Waals surface area contributed by atoms with Crippen molar-refractivity contribution in [3.05, 3.63) is 65.7 Å². The highest BCUT2D eigenvalue weighted by Crippen LogP contribution is 2.33. The molecule has 0 amide bonds. The summed E-state index contributed by atoms with van der Waals surface area (Å²) in [4.78, 5) is 21.5. The Kier molecular flexibility index (Phi) is 4.42. The largest absolute Gasteiger partial charge is 0.451 e. The number of ketones is 1. The molecule has 26 heavy (non-hydrogen) atoms. The monoisotopic (exact) mass is 366 g/mol. The fraction of sp³-hybridized carbons (Fsp3) is 0.150. The molecule has 0 fully saturated rings. The van der Waals surface area contributed by atoms with Crippen molar-refractivity contribution in [2.45, 2.75) is 18.4 Å². The van der Waals surface area contributed by atoms with E-state index in [0.717, 1.165) is 16.5 Å². The molecule has 0 spiro atoms. The summed E-state index contributed by atoms with van der Waals surface area (Å²) in [5, 5.41) is 1.59. The standard InChI is InChI=1S/C20H15FN2O2S/c1-2-17-22-18-14-5-3-4-6-16(14)25-19(18)20(23-17)26-11-15(24)12-7-9-13(21)10-8-12/h3-10H,2,11H2,1H3. The molecule has 0 aliphatic heterocycles. The van der Waals surface area contributed by atoms with Gasteiger partial charge in [0.05, 0.1) is 5.75 Å². The summed E-state index contributed by atoms with van der Waals surface area (Å²) in [7, 11) is 0. The smallest absolute Gasteiger partial charge is 0.186 e. The highest BCUT2D eigenvalue weighted by atomic mass is 32.2. The lowest BCUT2D eigenvalue weighted by Crippen LogP contribution is -2.03. The van der Waals surface area contributed by atoms with Gasteiger partial charge in [0.25, 0.3) is 0 Å². The molecule has 0 unspecified atom stereocenters. The van der Waals surface area contributed by atoms with Crippen LogP contribution in [0.3, 0.4) is 0 Å². The molecule has 0 aliphatic carbocycles. The summed E-state index contributed by atoms with van der Waals surface area (Å²) in [6.07, 6.45) is 0.689. The van der Waals surface area contributed by atoms with Crippen LogP contribution in [-0.2, 0) is 6.42 Å². The van der Waals surface area contributed by atoms with Crippen molar-refractivity contribution >= 4 is 39.6 Å². The minimum absolute atomic E-state index is 0.0871. The maximum atomic E-state index is 13.0. The summed E-state index contributed by atoms with van der Waals surface area (Å²) in [5.41, 5.74) is 2.59. The number of fused-ring (bicyclic) bond motifs is 3. The molecule has 0 bridgehead atoms. The lowest BCUT2D eigenvalue weighted by atomic mass is 10.1. The number of carbonyl (C=O) groups excluding carboxylic acids is 1. The molecule has 0 saturated heterocycles. The predicted molar refractivity (Wildman–Crippen MR) is 100 cm³/mol. The van der Waals surface area contributed by atoms with Crippen molar-refractivity contribution < 1.29 is 13.6 Å². The first-order chi connectivity index (χ1) is 12.7. The van der Waals surface area contributed by atoms with Gasteiger partial charge in [-0.1, -0.05) is 30.8 Å². The SMILES string of the molecule is CCc1nc(SCC(=O)c2ccc(F)cc2)c2oc3ccccc3c2n1. The Morgan fingerprint density at radius 3 is 2.65 bits per heavy atom. The summed E-state index contributed by atoms with van der Waals surface area (Å²) < 4.78 is 18.9. The van der Waals surface area contributed by atoms with Gasteiger partial charge < -0.3 is 4.42 Å². The number of para-hydroxylation sites is 1. The molecule has 2 aromatic carbocycles. The molecule has 4 nitrogen and oxygen atoms in total. The second-order valence-corrected chi connectivity index (χ2v) is 6.76. The van der Waals surface area contributed by atoms with E-state index in [1.807, 2.05) is 31.2 Å². The van der Waals surface area contributed by atoms with Gasteiger partial charge in [0.2, 0.25) is 0 Å². The van der Waals surface area contributed by atoms with E-state index in [1.54, 1.807) is 0 Å². The fourth-order valence-corrected chi connectivity index (χ4v) is 3.59. The van der Waals surface area contributed by atoms with E-state index >= 15 is 0 Å². The van der Waals surface area contributed by atoms with E-state index in [2.05, 4.69) is 9.97 Å². The van der Waals surface area contributed by atoms with Gasteiger partial charge in [-0.15, -0.1) is 0 Å². The van der Waals surface area contributed by atoms with Crippen molar-refractivity contribution in [2.75, 3.05) is 5.75 Å². The van der Waals surface area contributed by atoms with Crippen LogP contribution in [0.25, 0.3) is 22.1 Å². The van der Waals surface area contributed by atoms with Gasteiger partial charge in [0.15, 0.2) is 11.4 Å². The average Bonchev–Trinajstić information content (AvgIpc) is 3.05. The molecule has 130 valence electrons. The fourth-order valence-electron chi connectivity index (χ4n) is 2.72. The van der Waals surface area contributed by atoms with Crippen LogP contribution in [0, 0.1) is 5.82 Å². The number of thioether (sulfide) groups is 1. The summed E-state index contributed by atoms with van der Waals surface area (Å²) in [5.74, 6) is 0.455. The maximum Gasteiger partial charge on any atom is 0.186 e. The van der Waals surface area contributed by atoms with Gasteiger partial charge in [-0.2, -0.15) is 0 Å². The third-order valence-electron chi connectivity index (χ3n) is 4.06. The quantitative estimate of drug-likeness (QED) is 0.281. The third kappa shape index (κ3) is 3.08. The number of nitrogens with zero attached hydrogens (tertiary/aromatic N) is 2. The van der Waals surface area contributed by atoms with Crippen LogP contribution in [-0.4, -0.2) is 21.5 Å². The number of rotatable bonds is 5. The minimum Gasteiger partial charge on any atom is -0.451 e. The minimum atomic E-state index is -0.360. The molecule has 0 aliphatic rings. The van der Waals surface area contributed by atoms with E-state index in [4.69, 9.17) is 4.42 Å². The zero-order chi connectivity index (χ0) is 18.1. The topological polar surface area (TPSA) is 56.0 Å². The lowest BCUT2D eigenvalue weighted by molar-refractivity contribution is 0.102. The van der Waals surface area contributed by atoms with Gasteiger partial charge in [-0.25, -0.2) is 14.4 Å². The molecule has 6 heteroatoms. The molecule has 0 atom stereocenters. The van der Waals surface area contributed by atoms with Gasteiger partial charge in [0.1, 0.15) is 27.8 Å². The number of aromatic nitrogens is 2. The van der Waals surface area contributed by atoms with Crippen molar-refractivity contribution in [3.8, 4) is 0 Å². The Balaban J connectivity index is 1.69. The summed E-state index contributed by atoms with van der Waals surface area (Å²) in [6, 6.07) is 13.3. The van der Waals surface area contributed by atoms with E-state index < -0.39 is 0 Å². The number of hydrogen-bond donors (Lipinski definition) is 0. The Labute approximate surface area is 153 Å². The summed E-state index contributed by atoms with van der Waals surface area (Å²) in [6.45, 7) is 1.99. The van der Waals surface area contributed by atoms with Crippen molar-refractivity contribution in [1.82, 2.24) is 9.97 Å². The molecule has 0 saturated carbocycles. The number of Topliss-reactive ketones (excluding diaryl/α,β-unsaturated/α-hetero) is 1. The van der Waals surface area contributed by atoms with Crippen LogP contribution in [0.1, 0.15) is 23.1 Å². The van der Waals surface area contributed by atoms with Crippen LogP contribution in [0.4, 0.5) is 4.39 Å². The van der Waals surface area contributed by atoms with Crippen LogP contribution >= 0.6 is 11.8 Å². The van der Waals surface area contributed by atoms with Gasteiger partial charge in [0, 0.05) is 17.4 Å². The first-order valence-corrected chi connectivity index (χ1v) is 9.24. The molecule has 2 aromatic heterocycles. The second kappa shape index (κ2) is 6.88. The van der Waals surface area contributed by atoms with Crippen LogP contribution in [0.5, 0.6) is 0 Å². The normalized spacial score (nSPS) is 11.3. The Bertz CT molecular complexity index is 1110. The lowest BCUT2D eigenvalue weighted by Gasteiger charge is -2.04. The highest BCUT2D eigenvalue weighted by Gasteiger charge is 2.17. The maximum absolute atomic E-state index is 13.0. The average molecular weight is 366 g/mol. The molecular weight excluding hydrogens is 351 g/mol. The van der Waals surface area contributed by atoms with Gasteiger partial charge in [-0.05, 0) is 36.4 Å². The number of halogens is 1. The van der Waals surface area contributed by atoms with Gasteiger partial charge in [-0.3, -0.25) is 4.79 Å². The number of aryl methyl sites for hydroxylation is 1. The Hall–Kier alpha value is -2.73. The number of carbonyl (C=O) groups is 1. The number of furan rings is 1. The predicted octanol–water partition coefficient (Wildman–Crippen LogP) is 5.05. The molecule has 4 aromatic rings.